The van der Waals surface area contributed by atoms with E-state index in [2.05, 4.69) is 6.07 Å². The number of nitrogens with zero attached hydrogens (tertiary/aromatic N) is 1. The third kappa shape index (κ3) is 3.20. The summed E-state index contributed by atoms with van der Waals surface area (Å²) in [7, 11) is 0. The first kappa shape index (κ1) is 18.9. The summed E-state index contributed by atoms with van der Waals surface area (Å²) in [5, 5.41) is 0.545. The Morgan fingerprint density at radius 1 is 1.03 bits per heavy atom. The Hall–Kier alpha value is -3.42. The number of rotatable bonds is 3. The zero-order valence-electron chi connectivity index (χ0n) is 14.6. The van der Waals surface area contributed by atoms with Gasteiger partial charge < -0.3 is 10.3 Å². The van der Waals surface area contributed by atoms with Crippen LogP contribution >= 0.6 is 0 Å². The summed E-state index contributed by atoms with van der Waals surface area (Å²) in [6.07, 6.45) is -4.63. The fraction of sp³-hybridized carbons (Fsp3) is 0.0952. The molecule has 2 N–H and O–H groups in total. The number of carbonyl (C=O) groups excluding carboxylic acids is 1. The number of benzene rings is 3. The molecule has 0 aliphatic rings. The Labute approximate surface area is 161 Å². The summed E-state index contributed by atoms with van der Waals surface area (Å²) < 4.78 is 68.7. The minimum Gasteiger partial charge on any atom is -0.366 e. The van der Waals surface area contributed by atoms with Crippen LogP contribution in [0.4, 0.5) is 22.0 Å². The highest BCUT2D eigenvalue weighted by molar-refractivity contribution is 6.17. The van der Waals surface area contributed by atoms with Crippen LogP contribution in [0.1, 0.15) is 21.5 Å². The van der Waals surface area contributed by atoms with Gasteiger partial charge in [0.25, 0.3) is 0 Å². The van der Waals surface area contributed by atoms with Crippen molar-refractivity contribution in [3.8, 4) is 0 Å². The average Bonchev–Trinajstić information content (AvgIpc) is 2.95. The Kier molecular flexibility index (Phi) is 4.29. The van der Waals surface area contributed by atoms with Crippen molar-refractivity contribution >= 4 is 27.7 Å². The number of hydrogen-bond donors (Lipinski definition) is 1. The van der Waals surface area contributed by atoms with E-state index < -0.39 is 29.3 Å². The van der Waals surface area contributed by atoms with E-state index in [1.807, 2.05) is 0 Å². The van der Waals surface area contributed by atoms with Crippen LogP contribution in [0.25, 0.3) is 21.8 Å². The van der Waals surface area contributed by atoms with E-state index >= 15 is 0 Å². The second kappa shape index (κ2) is 6.58. The van der Waals surface area contributed by atoms with E-state index in [1.54, 1.807) is 6.07 Å². The molecule has 0 saturated heterocycles. The van der Waals surface area contributed by atoms with Crippen LogP contribution < -0.4 is 5.73 Å². The van der Waals surface area contributed by atoms with Crippen LogP contribution in [0.15, 0.2) is 48.5 Å². The molecule has 1 radical (unpaired) electrons. The van der Waals surface area contributed by atoms with Gasteiger partial charge in [-0.05, 0) is 42.5 Å². The lowest BCUT2D eigenvalue weighted by molar-refractivity contribution is -0.137. The van der Waals surface area contributed by atoms with Gasteiger partial charge in [0.15, 0.2) is 0 Å². The topological polar surface area (TPSA) is 48.0 Å². The molecule has 1 amide bonds. The largest absolute Gasteiger partial charge is 0.416 e. The number of halogens is 5. The second-order valence-corrected chi connectivity index (χ2v) is 6.52. The van der Waals surface area contributed by atoms with Crippen LogP contribution in [0.5, 0.6) is 0 Å². The molecule has 3 nitrogen and oxygen atoms in total. The Bertz CT molecular complexity index is 1270. The Morgan fingerprint density at radius 3 is 2.48 bits per heavy atom. The fourth-order valence-electron chi connectivity index (χ4n) is 3.45. The number of hydrogen-bond acceptors (Lipinski definition) is 1. The van der Waals surface area contributed by atoms with Gasteiger partial charge in [-0.3, -0.25) is 4.79 Å². The molecular weight excluding hydrogens is 391 g/mol. The van der Waals surface area contributed by atoms with Gasteiger partial charge >= 0.3 is 6.18 Å². The van der Waals surface area contributed by atoms with Crippen LogP contribution in [0, 0.1) is 17.7 Å². The highest BCUT2D eigenvalue weighted by Crippen LogP contribution is 2.34. The fourth-order valence-corrected chi connectivity index (χ4v) is 3.45. The molecule has 4 aromatic rings. The first-order chi connectivity index (χ1) is 13.7. The summed E-state index contributed by atoms with van der Waals surface area (Å²) in [6.45, 7) is -0.266. The van der Waals surface area contributed by atoms with E-state index in [4.69, 9.17) is 5.73 Å². The lowest BCUT2D eigenvalue weighted by Crippen LogP contribution is -2.11. The van der Waals surface area contributed by atoms with Crippen molar-refractivity contribution < 1.29 is 26.7 Å². The van der Waals surface area contributed by atoms with E-state index in [0.29, 0.717) is 22.5 Å². The van der Waals surface area contributed by atoms with Crippen LogP contribution in [-0.2, 0) is 12.7 Å². The Balaban J connectivity index is 2.00. The number of nitrogens with two attached hydrogens (primary N) is 1. The van der Waals surface area contributed by atoms with Gasteiger partial charge in [-0.15, -0.1) is 0 Å². The molecule has 8 heteroatoms. The van der Waals surface area contributed by atoms with Gasteiger partial charge in [-0.2, -0.15) is 13.2 Å². The highest BCUT2D eigenvalue weighted by atomic mass is 19.4. The molecule has 4 rings (SSSR count). The van der Waals surface area contributed by atoms with Crippen molar-refractivity contribution in [2.75, 3.05) is 0 Å². The maximum absolute atomic E-state index is 14.3. The molecule has 0 spiro atoms. The summed E-state index contributed by atoms with van der Waals surface area (Å²) in [5.74, 6) is -2.25. The SMILES string of the molecule is NC(=O)c1cccc2c1c1[c]c(F)ccc1n2Cc1cc(C(F)(F)F)ccc1F. The van der Waals surface area contributed by atoms with E-state index in [9.17, 15) is 26.7 Å². The molecule has 0 bridgehead atoms. The summed E-state index contributed by atoms with van der Waals surface area (Å²) in [4.78, 5) is 11.8. The number of primary amides is 1. The Morgan fingerprint density at radius 2 is 1.79 bits per heavy atom. The number of carbonyl (C=O) groups is 1. The normalized spacial score (nSPS) is 12.0. The highest BCUT2D eigenvalue weighted by Gasteiger charge is 2.31. The molecular formula is C21H12F5N2O. The monoisotopic (exact) mass is 403 g/mol. The lowest BCUT2D eigenvalue weighted by Gasteiger charge is -2.12. The van der Waals surface area contributed by atoms with Crippen molar-refractivity contribution in [2.24, 2.45) is 5.73 Å². The number of alkyl halides is 3. The van der Waals surface area contributed by atoms with E-state index in [-0.39, 0.29) is 23.1 Å². The average molecular weight is 403 g/mol. The summed E-state index contributed by atoms with van der Waals surface area (Å²) >= 11 is 0. The lowest BCUT2D eigenvalue weighted by atomic mass is 10.1. The van der Waals surface area contributed by atoms with Gasteiger partial charge in [-0.25, -0.2) is 8.78 Å². The standard InChI is InChI=1S/C21H12F5N2O/c22-13-5-7-17-15(9-13)19-14(20(27)29)2-1-3-18(19)28(17)10-11-8-12(21(24,25)26)4-6-16(11)23/h1-8H,10H2,(H2,27,29). The minimum absolute atomic E-state index is 0.109. The van der Waals surface area contributed by atoms with Crippen LogP contribution in [-0.4, -0.2) is 10.5 Å². The van der Waals surface area contributed by atoms with Gasteiger partial charge in [0, 0.05) is 28.0 Å². The van der Waals surface area contributed by atoms with Gasteiger partial charge in [0.2, 0.25) is 5.91 Å². The van der Waals surface area contributed by atoms with Crippen molar-refractivity contribution in [3.05, 3.63) is 82.9 Å². The summed E-state index contributed by atoms with van der Waals surface area (Å²) in [6, 6.07) is 11.8. The molecule has 3 aromatic carbocycles. The second-order valence-electron chi connectivity index (χ2n) is 6.52. The maximum Gasteiger partial charge on any atom is 0.416 e. The molecule has 0 aliphatic carbocycles. The van der Waals surface area contributed by atoms with Gasteiger partial charge in [0.05, 0.1) is 23.1 Å². The maximum atomic E-state index is 14.3. The van der Waals surface area contributed by atoms with Crippen LogP contribution in [0.2, 0.25) is 0 Å². The zero-order chi connectivity index (χ0) is 20.9. The molecule has 0 atom stereocenters. The molecule has 147 valence electrons. The van der Waals surface area contributed by atoms with Gasteiger partial charge in [0.1, 0.15) is 11.6 Å². The number of amides is 1. The predicted octanol–water partition coefficient (Wildman–Crippen LogP) is 5.04. The third-order valence-electron chi connectivity index (χ3n) is 4.73. The molecule has 0 unspecified atom stereocenters. The van der Waals surface area contributed by atoms with Crippen molar-refractivity contribution in [1.82, 2.24) is 4.57 Å². The van der Waals surface area contributed by atoms with E-state index in [1.165, 1.54) is 22.8 Å². The molecule has 1 heterocycles. The molecule has 0 saturated carbocycles. The minimum atomic E-state index is -4.63. The number of fused-ring (bicyclic) bond motifs is 3. The van der Waals surface area contributed by atoms with Crippen LogP contribution in [0.3, 0.4) is 0 Å². The van der Waals surface area contributed by atoms with Gasteiger partial charge in [-0.1, -0.05) is 6.07 Å². The van der Waals surface area contributed by atoms with Crippen molar-refractivity contribution in [3.63, 3.8) is 0 Å². The quantitative estimate of drug-likeness (QED) is 0.479. The molecule has 1 aromatic heterocycles. The van der Waals surface area contributed by atoms with Crippen molar-refractivity contribution in [2.45, 2.75) is 12.7 Å². The number of aromatic nitrogens is 1. The van der Waals surface area contributed by atoms with E-state index in [0.717, 1.165) is 18.2 Å². The smallest absolute Gasteiger partial charge is 0.366 e. The zero-order valence-corrected chi connectivity index (χ0v) is 14.6. The summed E-state index contributed by atoms with van der Waals surface area (Å²) in [5.41, 5.74) is 5.13. The predicted molar refractivity (Wildman–Crippen MR) is 97.3 cm³/mol. The van der Waals surface area contributed by atoms with Crippen molar-refractivity contribution in [1.29, 1.82) is 0 Å². The first-order valence-electron chi connectivity index (χ1n) is 8.45. The molecule has 0 aliphatic heterocycles. The molecule has 29 heavy (non-hydrogen) atoms. The molecule has 0 fully saturated rings. The first-order valence-corrected chi connectivity index (χ1v) is 8.45. The third-order valence-corrected chi connectivity index (χ3v) is 4.73.